The molecule has 6 heteroatoms. The number of thioether (sulfide) groups is 1. The summed E-state index contributed by atoms with van der Waals surface area (Å²) < 4.78 is 0. The van der Waals surface area contributed by atoms with Gasteiger partial charge in [0.05, 0.1) is 0 Å². The molecule has 17 heavy (non-hydrogen) atoms. The first-order chi connectivity index (χ1) is 8.28. The van der Waals surface area contributed by atoms with Crippen LogP contribution in [0.3, 0.4) is 0 Å². The van der Waals surface area contributed by atoms with Gasteiger partial charge >= 0.3 is 0 Å². The van der Waals surface area contributed by atoms with Gasteiger partial charge in [0.2, 0.25) is 0 Å². The van der Waals surface area contributed by atoms with E-state index in [1.165, 1.54) is 17.8 Å². The standard InChI is InChI=1S/C11H12N4OS/c1-12-9-5-10(16)15-11(14-9)17-7-8-3-2-4-13-6-8/h2-6H,7H2,1H3,(H2,12,14,15,16). The molecule has 0 aliphatic rings. The monoisotopic (exact) mass is 248 g/mol. The van der Waals surface area contributed by atoms with Crippen LogP contribution in [0.4, 0.5) is 5.82 Å². The number of hydrogen-bond acceptors (Lipinski definition) is 5. The van der Waals surface area contributed by atoms with Crippen LogP contribution in [0.5, 0.6) is 0 Å². The predicted octanol–water partition coefficient (Wildman–Crippen LogP) is 1.50. The van der Waals surface area contributed by atoms with Crippen LogP contribution in [0, 0.1) is 0 Å². The topological polar surface area (TPSA) is 70.7 Å². The van der Waals surface area contributed by atoms with E-state index in [1.54, 1.807) is 19.4 Å². The molecule has 0 fully saturated rings. The number of hydrogen-bond donors (Lipinski definition) is 2. The third-order valence-corrected chi connectivity index (χ3v) is 3.02. The SMILES string of the molecule is CNc1cc(=O)[nH]c(SCc2cccnc2)n1. The van der Waals surface area contributed by atoms with Crippen LogP contribution in [0.15, 0.2) is 40.5 Å². The fourth-order valence-corrected chi connectivity index (χ4v) is 2.08. The normalized spacial score (nSPS) is 10.2. The summed E-state index contributed by atoms with van der Waals surface area (Å²) in [6.07, 6.45) is 3.53. The van der Waals surface area contributed by atoms with Crippen LogP contribution in [0.2, 0.25) is 0 Å². The molecular formula is C11H12N4OS. The minimum atomic E-state index is -0.155. The fraction of sp³-hybridized carbons (Fsp3) is 0.182. The molecule has 0 radical (unpaired) electrons. The van der Waals surface area contributed by atoms with Crippen LogP contribution >= 0.6 is 11.8 Å². The van der Waals surface area contributed by atoms with E-state index in [0.717, 1.165) is 11.3 Å². The minimum absolute atomic E-state index is 0.155. The van der Waals surface area contributed by atoms with Crippen molar-refractivity contribution in [1.82, 2.24) is 15.0 Å². The van der Waals surface area contributed by atoms with E-state index in [2.05, 4.69) is 20.3 Å². The van der Waals surface area contributed by atoms with E-state index in [0.29, 0.717) is 11.0 Å². The lowest BCUT2D eigenvalue weighted by atomic mass is 10.3. The number of anilines is 1. The Labute approximate surface area is 103 Å². The number of rotatable bonds is 4. The van der Waals surface area contributed by atoms with Crippen molar-refractivity contribution < 1.29 is 0 Å². The van der Waals surface area contributed by atoms with Gasteiger partial charge in [-0.05, 0) is 11.6 Å². The van der Waals surface area contributed by atoms with Crippen LogP contribution < -0.4 is 10.9 Å². The zero-order chi connectivity index (χ0) is 12.1. The Morgan fingerprint density at radius 1 is 1.53 bits per heavy atom. The van der Waals surface area contributed by atoms with Crippen molar-refractivity contribution in [2.24, 2.45) is 0 Å². The average molecular weight is 248 g/mol. The third kappa shape index (κ3) is 3.32. The highest BCUT2D eigenvalue weighted by Crippen LogP contribution is 2.18. The van der Waals surface area contributed by atoms with Crippen LogP contribution in [0.1, 0.15) is 5.56 Å². The molecule has 2 aromatic rings. The van der Waals surface area contributed by atoms with Gasteiger partial charge in [-0.2, -0.15) is 0 Å². The maximum atomic E-state index is 11.3. The number of pyridine rings is 1. The quantitative estimate of drug-likeness (QED) is 0.634. The zero-order valence-electron chi connectivity index (χ0n) is 9.30. The van der Waals surface area contributed by atoms with Crippen molar-refractivity contribution in [2.75, 3.05) is 12.4 Å². The van der Waals surface area contributed by atoms with Crippen molar-refractivity contribution in [3.63, 3.8) is 0 Å². The van der Waals surface area contributed by atoms with Gasteiger partial charge in [0.1, 0.15) is 5.82 Å². The van der Waals surface area contributed by atoms with Crippen molar-refractivity contribution in [3.8, 4) is 0 Å². The van der Waals surface area contributed by atoms with E-state index in [4.69, 9.17) is 0 Å². The molecule has 0 aliphatic carbocycles. The van der Waals surface area contributed by atoms with Gasteiger partial charge in [0, 0.05) is 31.3 Å². The molecule has 5 nitrogen and oxygen atoms in total. The summed E-state index contributed by atoms with van der Waals surface area (Å²) >= 11 is 1.47. The fourth-order valence-electron chi connectivity index (χ4n) is 1.27. The minimum Gasteiger partial charge on any atom is -0.373 e. The van der Waals surface area contributed by atoms with E-state index in [9.17, 15) is 4.79 Å². The summed E-state index contributed by atoms with van der Waals surface area (Å²) in [6, 6.07) is 5.30. The Kier molecular flexibility index (Phi) is 3.77. The molecule has 2 N–H and O–H groups in total. The molecule has 88 valence electrons. The molecule has 0 bridgehead atoms. The van der Waals surface area contributed by atoms with E-state index >= 15 is 0 Å². The first-order valence-electron chi connectivity index (χ1n) is 5.09. The van der Waals surface area contributed by atoms with Gasteiger partial charge in [-0.1, -0.05) is 17.8 Å². The first kappa shape index (κ1) is 11.7. The molecule has 0 atom stereocenters. The molecule has 0 unspecified atom stereocenters. The first-order valence-corrected chi connectivity index (χ1v) is 6.07. The van der Waals surface area contributed by atoms with Gasteiger partial charge in [-0.3, -0.25) is 9.78 Å². The number of H-pyrrole nitrogens is 1. The molecule has 0 amide bonds. The van der Waals surface area contributed by atoms with Gasteiger partial charge < -0.3 is 10.3 Å². The summed E-state index contributed by atoms with van der Waals surface area (Å²) in [5, 5.41) is 3.45. The van der Waals surface area contributed by atoms with Gasteiger partial charge in [0.15, 0.2) is 5.16 Å². The molecule has 2 rings (SSSR count). The summed E-state index contributed by atoms with van der Waals surface area (Å²) in [5.41, 5.74) is 0.938. The van der Waals surface area contributed by atoms with Crippen LogP contribution in [-0.4, -0.2) is 22.0 Å². The lowest BCUT2D eigenvalue weighted by Gasteiger charge is -2.03. The second kappa shape index (κ2) is 5.49. The van der Waals surface area contributed by atoms with E-state index in [1.807, 2.05) is 12.1 Å². The van der Waals surface area contributed by atoms with E-state index in [-0.39, 0.29) is 5.56 Å². The van der Waals surface area contributed by atoms with E-state index < -0.39 is 0 Å². The molecule has 0 saturated carbocycles. The molecule has 0 aliphatic heterocycles. The van der Waals surface area contributed by atoms with Crippen molar-refractivity contribution in [3.05, 3.63) is 46.5 Å². The Morgan fingerprint density at radius 3 is 3.12 bits per heavy atom. The molecule has 0 spiro atoms. The predicted molar refractivity (Wildman–Crippen MR) is 68.2 cm³/mol. The van der Waals surface area contributed by atoms with Gasteiger partial charge in [0.25, 0.3) is 5.56 Å². The second-order valence-corrected chi connectivity index (χ2v) is 4.30. The highest BCUT2D eigenvalue weighted by molar-refractivity contribution is 7.98. The molecule has 2 aromatic heterocycles. The van der Waals surface area contributed by atoms with Crippen molar-refractivity contribution in [1.29, 1.82) is 0 Å². The molecule has 0 saturated heterocycles. The van der Waals surface area contributed by atoms with Crippen molar-refractivity contribution in [2.45, 2.75) is 10.9 Å². The Hall–Kier alpha value is -1.82. The Morgan fingerprint density at radius 2 is 2.41 bits per heavy atom. The lowest BCUT2D eigenvalue weighted by Crippen LogP contribution is -2.09. The van der Waals surface area contributed by atoms with Crippen LogP contribution in [0.25, 0.3) is 0 Å². The summed E-state index contributed by atoms with van der Waals surface area (Å²) in [5.74, 6) is 1.30. The molecule has 2 heterocycles. The maximum Gasteiger partial charge on any atom is 0.253 e. The number of nitrogens with one attached hydrogen (secondary N) is 2. The highest BCUT2D eigenvalue weighted by Gasteiger charge is 2.01. The highest BCUT2D eigenvalue weighted by atomic mass is 32.2. The van der Waals surface area contributed by atoms with Crippen LogP contribution in [-0.2, 0) is 5.75 Å². The van der Waals surface area contributed by atoms with Gasteiger partial charge in [-0.25, -0.2) is 4.98 Å². The average Bonchev–Trinajstić information content (AvgIpc) is 2.37. The lowest BCUT2D eigenvalue weighted by molar-refractivity contribution is 0.939. The maximum absolute atomic E-state index is 11.3. The van der Waals surface area contributed by atoms with Crippen molar-refractivity contribution >= 4 is 17.6 Å². The Balaban J connectivity index is 2.09. The van der Waals surface area contributed by atoms with Gasteiger partial charge in [-0.15, -0.1) is 0 Å². The summed E-state index contributed by atoms with van der Waals surface area (Å²) in [6.45, 7) is 0. The largest absolute Gasteiger partial charge is 0.373 e. The smallest absolute Gasteiger partial charge is 0.253 e. The Bertz CT molecular complexity index is 541. The number of aromatic nitrogens is 3. The third-order valence-electron chi connectivity index (χ3n) is 2.07. The molecule has 0 aromatic carbocycles. The summed E-state index contributed by atoms with van der Waals surface area (Å²) in [7, 11) is 1.73. The number of nitrogens with zero attached hydrogens (tertiary/aromatic N) is 2. The zero-order valence-corrected chi connectivity index (χ0v) is 10.1. The second-order valence-electron chi connectivity index (χ2n) is 3.34. The molecular weight excluding hydrogens is 236 g/mol. The number of aromatic amines is 1. The summed E-state index contributed by atoms with van der Waals surface area (Å²) in [4.78, 5) is 22.3.